The molecule has 2 N–H and O–H groups in total. The van der Waals surface area contributed by atoms with Gasteiger partial charge in [0.2, 0.25) is 0 Å². The minimum Gasteiger partial charge on any atom is -0.391 e. The Morgan fingerprint density at radius 1 is 1.39 bits per heavy atom. The smallest absolute Gasteiger partial charge is 0.317 e. The largest absolute Gasteiger partial charge is 0.391 e. The lowest BCUT2D eigenvalue weighted by Gasteiger charge is -2.35. The fourth-order valence-electron chi connectivity index (χ4n) is 2.87. The molecule has 2 rings (SSSR count). The second-order valence-corrected chi connectivity index (χ2v) is 6.77. The van der Waals surface area contributed by atoms with Gasteiger partial charge in [-0.2, -0.15) is 0 Å². The van der Waals surface area contributed by atoms with Crippen LogP contribution in [0.3, 0.4) is 0 Å². The van der Waals surface area contributed by atoms with Gasteiger partial charge in [-0.05, 0) is 38.4 Å². The molecule has 3 unspecified atom stereocenters. The van der Waals surface area contributed by atoms with E-state index in [-0.39, 0.29) is 18.0 Å². The fraction of sp³-hybridized carbons (Fsp3) is 0.611. The summed E-state index contributed by atoms with van der Waals surface area (Å²) in [4.78, 5) is 16.2. The number of urea groups is 1. The van der Waals surface area contributed by atoms with Crippen molar-refractivity contribution in [1.82, 2.24) is 15.1 Å². The third-order valence-corrected chi connectivity index (χ3v) is 4.74. The van der Waals surface area contributed by atoms with Gasteiger partial charge in [-0.25, -0.2) is 4.79 Å². The number of carbonyl (C=O) groups excluding carboxylic acids is 1. The molecular weight excluding hydrogens is 290 g/mol. The average Bonchev–Trinajstić information content (AvgIpc) is 2.54. The summed E-state index contributed by atoms with van der Waals surface area (Å²) in [5, 5.41) is 13.0. The van der Waals surface area contributed by atoms with Gasteiger partial charge in [0.15, 0.2) is 0 Å². The van der Waals surface area contributed by atoms with E-state index in [1.165, 1.54) is 5.56 Å². The number of hydrogen-bond acceptors (Lipinski definition) is 3. The number of hydrogen-bond donors (Lipinski definition) is 2. The zero-order chi connectivity index (χ0) is 16.8. The predicted molar refractivity (Wildman–Crippen MR) is 92.4 cm³/mol. The average molecular weight is 319 g/mol. The second-order valence-electron chi connectivity index (χ2n) is 6.77. The van der Waals surface area contributed by atoms with Crippen LogP contribution in [0.1, 0.15) is 18.9 Å². The minimum absolute atomic E-state index is 0.0733. The zero-order valence-electron chi connectivity index (χ0n) is 14.4. The summed E-state index contributed by atoms with van der Waals surface area (Å²) in [5.41, 5.74) is 1.27. The van der Waals surface area contributed by atoms with Gasteiger partial charge in [-0.15, -0.1) is 0 Å². The van der Waals surface area contributed by atoms with E-state index in [0.29, 0.717) is 13.1 Å². The molecule has 0 saturated carbocycles. The van der Waals surface area contributed by atoms with Gasteiger partial charge in [-0.3, -0.25) is 0 Å². The molecule has 1 saturated heterocycles. The Kier molecular flexibility index (Phi) is 6.42. The van der Waals surface area contributed by atoms with Gasteiger partial charge in [0.05, 0.1) is 6.10 Å². The predicted octanol–water partition coefficient (Wildman–Crippen LogP) is 1.57. The molecule has 3 atom stereocenters. The van der Waals surface area contributed by atoms with Crippen molar-refractivity contribution in [1.29, 1.82) is 0 Å². The molecule has 1 aromatic carbocycles. The van der Waals surface area contributed by atoms with Gasteiger partial charge in [0.1, 0.15) is 0 Å². The van der Waals surface area contributed by atoms with Gasteiger partial charge >= 0.3 is 6.03 Å². The topological polar surface area (TPSA) is 55.8 Å². The lowest BCUT2D eigenvalue weighted by atomic mass is 9.96. The highest BCUT2D eigenvalue weighted by molar-refractivity contribution is 5.74. The molecule has 23 heavy (non-hydrogen) atoms. The first-order valence-electron chi connectivity index (χ1n) is 8.38. The lowest BCUT2D eigenvalue weighted by Crippen LogP contribution is -2.52. The quantitative estimate of drug-likeness (QED) is 0.866. The highest BCUT2D eigenvalue weighted by Gasteiger charge is 2.27. The van der Waals surface area contributed by atoms with Crippen molar-refractivity contribution in [2.45, 2.75) is 31.9 Å². The number of aliphatic hydroxyl groups excluding tert-OH is 1. The molecule has 1 aliphatic rings. The molecule has 0 aromatic heterocycles. The third kappa shape index (κ3) is 5.22. The summed E-state index contributed by atoms with van der Waals surface area (Å²) in [6.07, 6.45) is 1.34. The van der Waals surface area contributed by atoms with Crippen LogP contribution >= 0.6 is 0 Å². The Balaban J connectivity index is 1.85. The van der Waals surface area contributed by atoms with Crippen molar-refractivity contribution < 1.29 is 9.90 Å². The van der Waals surface area contributed by atoms with Crippen molar-refractivity contribution >= 4 is 6.03 Å². The second kappa shape index (κ2) is 8.31. The number of amides is 2. The first-order chi connectivity index (χ1) is 11.0. The number of nitrogens with zero attached hydrogens (tertiary/aromatic N) is 2. The molecule has 5 nitrogen and oxygen atoms in total. The zero-order valence-corrected chi connectivity index (χ0v) is 14.4. The summed E-state index contributed by atoms with van der Waals surface area (Å²) in [5.74, 6) is 0.270. The molecule has 0 bridgehead atoms. The maximum atomic E-state index is 12.3. The van der Waals surface area contributed by atoms with Crippen molar-refractivity contribution in [3.8, 4) is 0 Å². The van der Waals surface area contributed by atoms with E-state index in [1.807, 2.05) is 39.2 Å². The normalized spacial score (nSPS) is 22.9. The highest BCUT2D eigenvalue weighted by atomic mass is 16.3. The van der Waals surface area contributed by atoms with Gasteiger partial charge in [0.25, 0.3) is 0 Å². The standard InChI is InChI=1S/C18H29N3O2/c1-14-9-10-21(13-17(14)22)18(23)19-12-16(20(2)3)11-15-7-5-4-6-8-15/h4-8,14,16-17,22H,9-13H2,1-3H3,(H,19,23). The van der Waals surface area contributed by atoms with Gasteiger partial charge in [0, 0.05) is 25.7 Å². The number of aliphatic hydroxyl groups is 1. The summed E-state index contributed by atoms with van der Waals surface area (Å²) >= 11 is 0. The Labute approximate surface area is 139 Å². The Hall–Kier alpha value is -1.59. The molecule has 128 valence electrons. The van der Waals surface area contributed by atoms with E-state index in [9.17, 15) is 9.90 Å². The van der Waals surface area contributed by atoms with Crippen LogP contribution < -0.4 is 5.32 Å². The van der Waals surface area contributed by atoms with E-state index in [0.717, 1.165) is 19.4 Å². The fourth-order valence-corrected chi connectivity index (χ4v) is 2.87. The van der Waals surface area contributed by atoms with Gasteiger partial charge in [-0.1, -0.05) is 37.3 Å². The SMILES string of the molecule is CC1CCN(C(=O)NCC(Cc2ccccc2)N(C)C)CC1O. The van der Waals surface area contributed by atoms with E-state index < -0.39 is 6.10 Å². The van der Waals surface area contributed by atoms with Crippen LogP contribution in [0.2, 0.25) is 0 Å². The highest BCUT2D eigenvalue weighted by Crippen LogP contribution is 2.16. The monoisotopic (exact) mass is 319 g/mol. The summed E-state index contributed by atoms with van der Waals surface area (Å²) in [7, 11) is 4.07. The molecule has 2 amide bonds. The number of piperidine rings is 1. The van der Waals surface area contributed by atoms with Crippen molar-refractivity contribution in [3.05, 3.63) is 35.9 Å². The molecule has 1 heterocycles. The molecule has 0 radical (unpaired) electrons. The number of rotatable bonds is 5. The molecule has 1 aromatic rings. The van der Waals surface area contributed by atoms with Crippen LogP contribution in [0.25, 0.3) is 0 Å². The Bertz CT molecular complexity index is 492. The molecule has 1 fully saturated rings. The molecule has 5 heteroatoms. The Morgan fingerprint density at radius 2 is 2.09 bits per heavy atom. The number of likely N-dealkylation sites (tertiary alicyclic amines) is 1. The van der Waals surface area contributed by atoms with Crippen LogP contribution in [0.15, 0.2) is 30.3 Å². The lowest BCUT2D eigenvalue weighted by molar-refractivity contribution is 0.0433. The summed E-state index contributed by atoms with van der Waals surface area (Å²) in [6.45, 7) is 3.78. The first kappa shape index (κ1) is 17.8. The molecule has 0 spiro atoms. The summed E-state index contributed by atoms with van der Waals surface area (Å²) in [6, 6.07) is 10.5. The molecular formula is C18H29N3O2. The van der Waals surface area contributed by atoms with Crippen LogP contribution in [0.5, 0.6) is 0 Å². The maximum absolute atomic E-state index is 12.3. The van der Waals surface area contributed by atoms with Crippen LogP contribution in [-0.2, 0) is 6.42 Å². The van der Waals surface area contributed by atoms with Crippen LogP contribution in [0.4, 0.5) is 4.79 Å². The van der Waals surface area contributed by atoms with E-state index >= 15 is 0 Å². The Morgan fingerprint density at radius 3 is 2.70 bits per heavy atom. The molecule has 1 aliphatic heterocycles. The van der Waals surface area contributed by atoms with Gasteiger partial charge < -0.3 is 20.2 Å². The van der Waals surface area contributed by atoms with Crippen molar-refractivity contribution in [2.24, 2.45) is 5.92 Å². The third-order valence-electron chi connectivity index (χ3n) is 4.74. The van der Waals surface area contributed by atoms with Crippen molar-refractivity contribution in [2.75, 3.05) is 33.7 Å². The van der Waals surface area contributed by atoms with Crippen LogP contribution in [0, 0.1) is 5.92 Å². The van der Waals surface area contributed by atoms with E-state index in [4.69, 9.17) is 0 Å². The van der Waals surface area contributed by atoms with E-state index in [2.05, 4.69) is 22.3 Å². The minimum atomic E-state index is -0.413. The molecule has 0 aliphatic carbocycles. The number of β-amino-alcohol motifs (C(OH)–C–C–N with tert-alkyl or cyclic N) is 1. The maximum Gasteiger partial charge on any atom is 0.317 e. The number of nitrogens with one attached hydrogen (secondary N) is 1. The summed E-state index contributed by atoms with van der Waals surface area (Å²) < 4.78 is 0. The number of likely N-dealkylation sites (N-methyl/N-ethyl adjacent to an activating group) is 1. The first-order valence-corrected chi connectivity index (χ1v) is 8.38. The van der Waals surface area contributed by atoms with Crippen molar-refractivity contribution in [3.63, 3.8) is 0 Å². The number of carbonyl (C=O) groups is 1. The van der Waals surface area contributed by atoms with Crippen LogP contribution in [-0.4, -0.2) is 66.8 Å². The number of benzene rings is 1. The van der Waals surface area contributed by atoms with E-state index in [1.54, 1.807) is 4.90 Å².